The molecule has 0 spiro atoms. The van der Waals surface area contributed by atoms with Crippen LogP contribution in [0, 0.1) is 0 Å². The Bertz CT molecular complexity index is 1880. The number of phenols is 1. The summed E-state index contributed by atoms with van der Waals surface area (Å²) in [6, 6.07) is 26.3. The van der Waals surface area contributed by atoms with Crippen LogP contribution in [0.2, 0.25) is 0 Å². The molecule has 0 bridgehead atoms. The number of aromatic amines is 1. The molecule has 0 unspecified atom stereocenters. The Kier molecular flexibility index (Phi) is 8.72. The standard InChI is InChI=1S/C33H36N4O5S/c1-20(34-19-32(39)24-12-14-31(38)29(17-24)37-43(3,41)42)15-22-11-13-28-25(16-22)18-30(36-28)33(40)35-21(2)26-10-6-8-23-7-4-5-9-27(23)26/h4-14,16-18,20-21,32,34,36-39H,15,19H2,1-3H3,(H,35,40)/t20-,21-,32+/m1/s1. The zero-order chi connectivity index (χ0) is 30.7. The van der Waals surface area contributed by atoms with Crippen molar-refractivity contribution in [1.29, 1.82) is 0 Å². The molecule has 10 heteroatoms. The van der Waals surface area contributed by atoms with Gasteiger partial charge in [-0.1, -0.05) is 54.6 Å². The Labute approximate surface area is 251 Å². The summed E-state index contributed by atoms with van der Waals surface area (Å²) in [5.74, 6) is -0.394. The third-order valence-corrected chi connectivity index (χ3v) is 8.06. The van der Waals surface area contributed by atoms with Gasteiger partial charge in [-0.3, -0.25) is 9.52 Å². The molecule has 6 N–H and O–H groups in total. The van der Waals surface area contributed by atoms with Gasteiger partial charge in [-0.05, 0) is 78.1 Å². The summed E-state index contributed by atoms with van der Waals surface area (Å²) in [6.45, 7) is 4.23. The predicted octanol–water partition coefficient (Wildman–Crippen LogP) is 5.14. The fraction of sp³-hybridized carbons (Fsp3) is 0.242. The SMILES string of the molecule is C[C@H](Cc1ccc2[nH]c(C(=O)N[C@H](C)c3cccc4ccccc34)cc2c1)NC[C@H](O)c1ccc(O)c(NS(C)(=O)=O)c1. The molecule has 0 saturated heterocycles. The van der Waals surface area contributed by atoms with Gasteiger partial charge in [-0.2, -0.15) is 0 Å². The van der Waals surface area contributed by atoms with E-state index in [0.717, 1.165) is 39.1 Å². The van der Waals surface area contributed by atoms with Gasteiger partial charge in [0.15, 0.2) is 0 Å². The van der Waals surface area contributed by atoms with Crippen molar-refractivity contribution in [2.75, 3.05) is 17.5 Å². The van der Waals surface area contributed by atoms with Crippen molar-refractivity contribution < 1.29 is 23.4 Å². The second kappa shape index (κ2) is 12.5. The minimum Gasteiger partial charge on any atom is -0.506 e. The fourth-order valence-corrected chi connectivity index (χ4v) is 5.87. The average molecular weight is 601 g/mol. The number of aromatic nitrogens is 1. The molecule has 43 heavy (non-hydrogen) atoms. The molecule has 1 amide bonds. The first-order valence-electron chi connectivity index (χ1n) is 14.1. The minimum absolute atomic E-state index is 0.0149. The zero-order valence-corrected chi connectivity index (χ0v) is 25.1. The summed E-state index contributed by atoms with van der Waals surface area (Å²) in [5, 5.41) is 30.2. The van der Waals surface area contributed by atoms with E-state index in [1.807, 2.05) is 56.3 Å². The summed E-state index contributed by atoms with van der Waals surface area (Å²) in [4.78, 5) is 16.4. The van der Waals surface area contributed by atoms with Gasteiger partial charge in [0, 0.05) is 23.5 Å². The van der Waals surface area contributed by atoms with E-state index in [1.165, 1.54) is 12.1 Å². The number of rotatable bonds is 11. The number of aliphatic hydroxyl groups is 1. The lowest BCUT2D eigenvalue weighted by Gasteiger charge is -2.18. The number of aromatic hydroxyl groups is 1. The highest BCUT2D eigenvalue weighted by Gasteiger charge is 2.17. The Hall–Kier alpha value is -4.38. The van der Waals surface area contributed by atoms with Crippen LogP contribution in [0.4, 0.5) is 5.69 Å². The number of carbonyl (C=O) groups is 1. The number of anilines is 1. The normalized spacial score (nSPS) is 14.0. The second-order valence-corrected chi connectivity index (χ2v) is 12.8. The molecule has 9 nitrogen and oxygen atoms in total. The first kappa shape index (κ1) is 30.1. The fourth-order valence-electron chi connectivity index (χ4n) is 5.31. The van der Waals surface area contributed by atoms with Gasteiger partial charge in [0.2, 0.25) is 10.0 Å². The number of hydrogen-bond acceptors (Lipinski definition) is 6. The van der Waals surface area contributed by atoms with Crippen molar-refractivity contribution in [3.05, 3.63) is 107 Å². The van der Waals surface area contributed by atoms with E-state index in [1.54, 1.807) is 6.07 Å². The molecular weight excluding hydrogens is 564 g/mol. The van der Waals surface area contributed by atoms with Crippen molar-refractivity contribution in [3.63, 3.8) is 0 Å². The summed E-state index contributed by atoms with van der Waals surface area (Å²) >= 11 is 0. The van der Waals surface area contributed by atoms with Crippen LogP contribution in [-0.4, -0.2) is 48.4 Å². The van der Waals surface area contributed by atoms with Gasteiger partial charge >= 0.3 is 0 Å². The predicted molar refractivity (Wildman–Crippen MR) is 171 cm³/mol. The molecule has 1 aromatic heterocycles. The molecule has 0 aliphatic heterocycles. The Morgan fingerprint density at radius 3 is 2.49 bits per heavy atom. The topological polar surface area (TPSA) is 144 Å². The number of aliphatic hydroxyl groups excluding tert-OH is 1. The average Bonchev–Trinajstić information content (AvgIpc) is 3.40. The third kappa shape index (κ3) is 7.34. The maximum atomic E-state index is 13.1. The maximum absolute atomic E-state index is 13.1. The summed E-state index contributed by atoms with van der Waals surface area (Å²) < 4.78 is 25.4. The van der Waals surface area contributed by atoms with Crippen molar-refractivity contribution in [2.24, 2.45) is 0 Å². The molecule has 0 fully saturated rings. The molecule has 0 aliphatic rings. The van der Waals surface area contributed by atoms with Crippen molar-refractivity contribution in [1.82, 2.24) is 15.6 Å². The molecular formula is C33H36N4O5S. The van der Waals surface area contributed by atoms with E-state index in [-0.39, 0.29) is 36.0 Å². The van der Waals surface area contributed by atoms with Crippen LogP contribution >= 0.6 is 0 Å². The molecule has 3 atom stereocenters. The van der Waals surface area contributed by atoms with Crippen LogP contribution < -0.4 is 15.4 Å². The van der Waals surface area contributed by atoms with Crippen LogP contribution in [-0.2, 0) is 16.4 Å². The number of hydrogen-bond donors (Lipinski definition) is 6. The quantitative estimate of drug-likeness (QED) is 0.116. The number of sulfonamides is 1. The lowest BCUT2D eigenvalue weighted by Crippen LogP contribution is -2.32. The molecule has 1 heterocycles. The van der Waals surface area contributed by atoms with E-state index < -0.39 is 16.1 Å². The summed E-state index contributed by atoms with van der Waals surface area (Å²) in [7, 11) is -3.58. The Morgan fingerprint density at radius 2 is 1.70 bits per heavy atom. The first-order chi connectivity index (χ1) is 20.5. The van der Waals surface area contributed by atoms with E-state index in [4.69, 9.17) is 0 Å². The summed E-state index contributed by atoms with van der Waals surface area (Å²) in [6.07, 6.45) is 0.768. The maximum Gasteiger partial charge on any atom is 0.268 e. The Morgan fingerprint density at radius 1 is 0.930 bits per heavy atom. The first-order valence-corrected chi connectivity index (χ1v) is 16.0. The Balaban J connectivity index is 1.20. The highest BCUT2D eigenvalue weighted by atomic mass is 32.2. The third-order valence-electron chi connectivity index (χ3n) is 7.47. The van der Waals surface area contributed by atoms with Gasteiger partial charge in [0.05, 0.1) is 24.1 Å². The van der Waals surface area contributed by atoms with Crippen molar-refractivity contribution >= 4 is 43.3 Å². The largest absolute Gasteiger partial charge is 0.506 e. The van der Waals surface area contributed by atoms with E-state index in [2.05, 4.69) is 44.6 Å². The van der Waals surface area contributed by atoms with Crippen LogP contribution in [0.3, 0.4) is 0 Å². The van der Waals surface area contributed by atoms with Gasteiger partial charge in [-0.25, -0.2) is 8.42 Å². The number of phenolic OH excluding ortho intramolecular Hbond substituents is 1. The lowest BCUT2D eigenvalue weighted by atomic mass is 9.99. The highest BCUT2D eigenvalue weighted by molar-refractivity contribution is 7.92. The van der Waals surface area contributed by atoms with Gasteiger partial charge < -0.3 is 25.8 Å². The van der Waals surface area contributed by atoms with E-state index in [0.29, 0.717) is 17.7 Å². The second-order valence-electron chi connectivity index (χ2n) is 11.0. The van der Waals surface area contributed by atoms with Gasteiger partial charge in [0.1, 0.15) is 11.4 Å². The molecule has 0 radical (unpaired) electrons. The van der Waals surface area contributed by atoms with Crippen molar-refractivity contribution in [2.45, 2.75) is 38.5 Å². The monoisotopic (exact) mass is 600 g/mol. The number of carbonyl (C=O) groups excluding carboxylic acids is 1. The molecule has 0 saturated carbocycles. The summed E-state index contributed by atoms with van der Waals surface area (Å²) in [5.41, 5.74) is 3.98. The highest BCUT2D eigenvalue weighted by Crippen LogP contribution is 2.28. The van der Waals surface area contributed by atoms with Gasteiger partial charge in [0.25, 0.3) is 5.91 Å². The number of H-pyrrole nitrogens is 1. The zero-order valence-electron chi connectivity index (χ0n) is 24.3. The number of fused-ring (bicyclic) bond motifs is 2. The van der Waals surface area contributed by atoms with Crippen LogP contribution in [0.25, 0.3) is 21.7 Å². The van der Waals surface area contributed by atoms with Crippen molar-refractivity contribution in [3.8, 4) is 5.75 Å². The number of nitrogens with one attached hydrogen (secondary N) is 4. The number of amides is 1. The van der Waals surface area contributed by atoms with Crippen LogP contribution in [0.5, 0.6) is 5.75 Å². The molecule has 224 valence electrons. The lowest BCUT2D eigenvalue weighted by molar-refractivity contribution is 0.0936. The van der Waals surface area contributed by atoms with E-state index in [9.17, 15) is 23.4 Å². The molecule has 0 aliphatic carbocycles. The molecule has 5 rings (SSSR count). The minimum atomic E-state index is -3.58. The van der Waals surface area contributed by atoms with E-state index >= 15 is 0 Å². The molecule has 5 aromatic rings. The van der Waals surface area contributed by atoms with Crippen LogP contribution in [0.15, 0.2) is 84.9 Å². The van der Waals surface area contributed by atoms with Crippen LogP contribution in [0.1, 0.15) is 53.2 Å². The smallest absolute Gasteiger partial charge is 0.268 e. The number of benzene rings is 4. The van der Waals surface area contributed by atoms with Gasteiger partial charge in [-0.15, -0.1) is 0 Å². The molecule has 4 aromatic carbocycles.